The standard InChI is InChI=1S/C30H34F2O6S2/c1-20-19-36-29(6,38-20)23-9-15-26(16-10-23)39(25-13-7-22(8-14-25)28(3,4)5)27-17-11-24(12-18-27)37-21(2)30(31,32)40(33,34)35/h7-18,20-21H,19H2,1-6H3/p+1. The molecular weight excluding hydrogens is 558 g/mol. The quantitative estimate of drug-likeness (QED) is 0.225. The number of hydrogen-bond donors (Lipinski definition) is 1. The van der Waals surface area contributed by atoms with Crippen LogP contribution in [-0.4, -0.2) is 37.0 Å². The fourth-order valence-corrected chi connectivity index (χ4v) is 6.92. The van der Waals surface area contributed by atoms with Gasteiger partial charge in [0.05, 0.1) is 23.6 Å². The van der Waals surface area contributed by atoms with E-state index in [2.05, 4.69) is 45.0 Å². The predicted molar refractivity (Wildman–Crippen MR) is 151 cm³/mol. The van der Waals surface area contributed by atoms with Gasteiger partial charge in [-0.15, -0.1) is 0 Å². The highest BCUT2D eigenvalue weighted by Crippen LogP contribution is 2.38. The second-order valence-electron chi connectivity index (χ2n) is 11.1. The number of halogens is 2. The molecule has 3 aromatic rings. The molecule has 0 spiro atoms. The molecule has 1 N–H and O–H groups in total. The van der Waals surface area contributed by atoms with Gasteiger partial charge in [0, 0.05) is 5.56 Å². The zero-order valence-electron chi connectivity index (χ0n) is 23.4. The average molecular weight is 594 g/mol. The Bertz CT molecular complexity index is 1420. The van der Waals surface area contributed by atoms with E-state index in [0.29, 0.717) is 6.61 Å². The Kier molecular flexibility index (Phi) is 8.42. The van der Waals surface area contributed by atoms with Gasteiger partial charge in [-0.1, -0.05) is 32.9 Å². The summed E-state index contributed by atoms with van der Waals surface area (Å²) < 4.78 is 76.1. The second kappa shape index (κ2) is 11.1. The molecular formula is C30H35F2O6S2+. The third-order valence-corrected chi connectivity index (χ3v) is 10.0. The highest BCUT2D eigenvalue weighted by Gasteiger charge is 2.51. The summed E-state index contributed by atoms with van der Waals surface area (Å²) in [4.78, 5) is 3.00. The van der Waals surface area contributed by atoms with Crippen LogP contribution >= 0.6 is 0 Å². The van der Waals surface area contributed by atoms with Gasteiger partial charge in [0.25, 0.3) is 0 Å². The van der Waals surface area contributed by atoms with E-state index in [1.165, 1.54) is 17.7 Å². The Balaban J connectivity index is 1.67. The van der Waals surface area contributed by atoms with Gasteiger partial charge in [-0.3, -0.25) is 4.55 Å². The fourth-order valence-electron chi connectivity index (χ4n) is 4.41. The number of alkyl halides is 2. The number of ether oxygens (including phenoxy) is 3. The zero-order valence-corrected chi connectivity index (χ0v) is 25.0. The first-order valence-electron chi connectivity index (χ1n) is 12.9. The van der Waals surface area contributed by atoms with Gasteiger partial charge in [0.15, 0.2) is 26.6 Å². The lowest BCUT2D eigenvalue weighted by molar-refractivity contribution is -0.159. The monoisotopic (exact) mass is 593 g/mol. The minimum absolute atomic E-state index is 0.00141. The molecule has 0 amide bonds. The smallest absolute Gasteiger partial charge is 0.405 e. The zero-order chi connectivity index (χ0) is 29.5. The first-order valence-corrected chi connectivity index (χ1v) is 15.6. The van der Waals surface area contributed by atoms with Gasteiger partial charge in [-0.2, -0.15) is 17.2 Å². The molecule has 0 aliphatic carbocycles. The average Bonchev–Trinajstić information content (AvgIpc) is 3.24. The van der Waals surface area contributed by atoms with E-state index in [9.17, 15) is 17.2 Å². The van der Waals surface area contributed by atoms with Crippen LogP contribution in [0.1, 0.15) is 52.7 Å². The summed E-state index contributed by atoms with van der Waals surface area (Å²) in [6.45, 7) is 11.7. The van der Waals surface area contributed by atoms with Crippen molar-refractivity contribution < 1.29 is 36.0 Å². The molecule has 4 atom stereocenters. The molecule has 4 rings (SSSR count). The maximum absolute atomic E-state index is 14.0. The van der Waals surface area contributed by atoms with Crippen molar-refractivity contribution in [3.8, 4) is 5.75 Å². The molecule has 1 aliphatic heterocycles. The molecule has 4 unspecified atom stereocenters. The molecule has 0 aromatic heterocycles. The maximum Gasteiger partial charge on any atom is 0.405 e. The Morgan fingerprint density at radius 2 is 1.43 bits per heavy atom. The van der Waals surface area contributed by atoms with Crippen LogP contribution in [0.5, 0.6) is 5.75 Å². The first-order chi connectivity index (χ1) is 18.5. The molecule has 10 heteroatoms. The van der Waals surface area contributed by atoms with Crippen LogP contribution in [0.4, 0.5) is 8.78 Å². The van der Waals surface area contributed by atoms with Crippen molar-refractivity contribution in [1.29, 1.82) is 0 Å². The molecule has 1 fully saturated rings. The Morgan fingerprint density at radius 3 is 1.85 bits per heavy atom. The van der Waals surface area contributed by atoms with E-state index >= 15 is 0 Å². The van der Waals surface area contributed by atoms with E-state index in [4.69, 9.17) is 18.8 Å². The largest absolute Gasteiger partial charge is 0.483 e. The van der Waals surface area contributed by atoms with Crippen LogP contribution in [0.25, 0.3) is 0 Å². The lowest BCUT2D eigenvalue weighted by atomic mass is 9.87. The molecule has 1 aliphatic rings. The number of benzene rings is 3. The van der Waals surface area contributed by atoms with Crippen molar-refractivity contribution >= 4 is 21.0 Å². The summed E-state index contributed by atoms with van der Waals surface area (Å²) in [5.74, 6) is -0.760. The molecule has 6 nitrogen and oxygen atoms in total. The summed E-state index contributed by atoms with van der Waals surface area (Å²) in [6, 6.07) is 23.1. The van der Waals surface area contributed by atoms with E-state index in [1.54, 1.807) is 12.1 Å². The lowest BCUT2D eigenvalue weighted by Crippen LogP contribution is -2.42. The van der Waals surface area contributed by atoms with Crippen molar-refractivity contribution in [3.05, 3.63) is 83.9 Å². The highest BCUT2D eigenvalue weighted by molar-refractivity contribution is 7.97. The van der Waals surface area contributed by atoms with Crippen LogP contribution in [0.15, 0.2) is 87.5 Å². The van der Waals surface area contributed by atoms with Crippen molar-refractivity contribution in [3.63, 3.8) is 0 Å². The molecule has 0 bridgehead atoms. The van der Waals surface area contributed by atoms with E-state index in [1.807, 2.05) is 38.1 Å². The topological polar surface area (TPSA) is 82.1 Å². The molecule has 1 heterocycles. The van der Waals surface area contributed by atoms with Crippen LogP contribution in [0, 0.1) is 0 Å². The van der Waals surface area contributed by atoms with Crippen LogP contribution in [0.2, 0.25) is 0 Å². The van der Waals surface area contributed by atoms with Gasteiger partial charge < -0.3 is 14.2 Å². The molecule has 0 radical (unpaired) electrons. The second-order valence-corrected chi connectivity index (χ2v) is 14.6. The van der Waals surface area contributed by atoms with Crippen LogP contribution in [0.3, 0.4) is 0 Å². The molecule has 3 aromatic carbocycles. The number of rotatable bonds is 8. The normalized spacial score (nSPS) is 21.7. The highest BCUT2D eigenvalue weighted by atomic mass is 32.2. The SMILES string of the molecule is CC1COC(C)(c2ccc([S+](c3ccc(OC(C)C(F)(F)S(=O)(=O)O)cc3)c3ccc(C(C)(C)C)cc3)cc2)O1. The minimum atomic E-state index is -5.62. The van der Waals surface area contributed by atoms with Crippen molar-refractivity contribution in [2.75, 3.05) is 6.61 Å². The fraction of sp³-hybridized carbons (Fsp3) is 0.400. The van der Waals surface area contributed by atoms with Crippen molar-refractivity contribution in [1.82, 2.24) is 0 Å². The molecule has 40 heavy (non-hydrogen) atoms. The summed E-state index contributed by atoms with van der Waals surface area (Å²) in [5, 5.41) is -4.45. The predicted octanol–water partition coefficient (Wildman–Crippen LogP) is 6.94. The number of hydrogen-bond acceptors (Lipinski definition) is 5. The first kappa shape index (κ1) is 30.5. The van der Waals surface area contributed by atoms with Gasteiger partial charge in [0.1, 0.15) is 5.75 Å². The van der Waals surface area contributed by atoms with E-state index in [-0.39, 0.29) is 17.3 Å². The van der Waals surface area contributed by atoms with Crippen molar-refractivity contribution in [2.24, 2.45) is 0 Å². The summed E-state index contributed by atoms with van der Waals surface area (Å²) in [5.41, 5.74) is 2.10. The summed E-state index contributed by atoms with van der Waals surface area (Å²) >= 11 is 0. The van der Waals surface area contributed by atoms with Crippen LogP contribution < -0.4 is 4.74 Å². The molecule has 0 saturated carbocycles. The van der Waals surface area contributed by atoms with E-state index in [0.717, 1.165) is 27.2 Å². The van der Waals surface area contributed by atoms with E-state index < -0.39 is 38.2 Å². The summed E-state index contributed by atoms with van der Waals surface area (Å²) in [7, 11) is -6.18. The minimum Gasteiger partial charge on any atom is -0.483 e. The van der Waals surface area contributed by atoms with Crippen molar-refractivity contribution in [2.45, 2.75) is 84.9 Å². The maximum atomic E-state index is 14.0. The van der Waals surface area contributed by atoms with Crippen LogP contribution in [-0.2, 0) is 41.7 Å². The van der Waals surface area contributed by atoms with Gasteiger partial charge >= 0.3 is 15.4 Å². The molecule has 1 saturated heterocycles. The Morgan fingerprint density at radius 1 is 0.950 bits per heavy atom. The van der Waals surface area contributed by atoms with Gasteiger partial charge in [0.2, 0.25) is 0 Å². The summed E-state index contributed by atoms with van der Waals surface area (Å²) in [6.07, 6.45) is -2.09. The molecule has 216 valence electrons. The Hall–Kier alpha value is -2.50. The van der Waals surface area contributed by atoms with Gasteiger partial charge in [-0.25, -0.2) is 0 Å². The third-order valence-electron chi connectivity index (χ3n) is 6.78. The van der Waals surface area contributed by atoms with Gasteiger partial charge in [-0.05, 0) is 92.4 Å². The third kappa shape index (κ3) is 6.36. The Labute approximate surface area is 237 Å². The lowest BCUT2D eigenvalue weighted by Gasteiger charge is -2.23.